The normalized spacial score (nSPS) is 14.1. The number of hydrogen-bond donors (Lipinski definition) is 1. The van der Waals surface area contributed by atoms with Gasteiger partial charge in [0.2, 0.25) is 0 Å². The molecule has 2 unspecified atom stereocenters. The fourth-order valence-electron chi connectivity index (χ4n) is 1.59. The van der Waals surface area contributed by atoms with Crippen molar-refractivity contribution in [2.75, 3.05) is 5.73 Å². The van der Waals surface area contributed by atoms with E-state index in [0.717, 1.165) is 4.47 Å². The fraction of sp³-hybridized carbons (Fsp3) is 0.0909. The average Bonchev–Trinajstić information content (AvgIpc) is 2.27. The maximum absolute atomic E-state index is 11.5. The van der Waals surface area contributed by atoms with Crippen LogP contribution in [0.5, 0.6) is 0 Å². The van der Waals surface area contributed by atoms with Gasteiger partial charge in [-0.2, -0.15) is 0 Å². The smallest absolute Gasteiger partial charge is 0.151 e. The van der Waals surface area contributed by atoms with Crippen LogP contribution in [0.2, 0.25) is 5.15 Å². The van der Waals surface area contributed by atoms with Crippen molar-refractivity contribution in [3.05, 3.63) is 51.3 Å². The second-order valence-electron chi connectivity index (χ2n) is 3.67. The van der Waals surface area contributed by atoms with E-state index in [0.29, 0.717) is 5.56 Å². The van der Waals surface area contributed by atoms with Gasteiger partial charge in [0, 0.05) is 10.5 Å². The van der Waals surface area contributed by atoms with Crippen molar-refractivity contribution >= 4 is 44.4 Å². The van der Waals surface area contributed by atoms with Crippen LogP contribution < -0.4 is 5.73 Å². The number of rotatable bonds is 3. The summed E-state index contributed by atoms with van der Waals surface area (Å²) in [6.45, 7) is 0. The molecule has 2 aromatic rings. The van der Waals surface area contributed by atoms with Crippen molar-refractivity contribution in [1.82, 2.24) is 9.97 Å². The number of hydrogen-bond acceptors (Lipinski definition) is 5. The summed E-state index contributed by atoms with van der Waals surface area (Å²) in [6.07, 6.45) is 0. The van der Waals surface area contributed by atoms with Crippen molar-refractivity contribution < 1.29 is 8.76 Å². The number of nitrogens with zero attached hydrogens (tertiary/aromatic N) is 2. The molecular weight excluding hydrogens is 354 g/mol. The largest absolute Gasteiger partial charge is 0.772 e. The van der Waals surface area contributed by atoms with E-state index in [1.165, 1.54) is 6.07 Å². The molecule has 1 aromatic heterocycles. The van der Waals surface area contributed by atoms with E-state index in [-0.39, 0.29) is 16.8 Å². The van der Waals surface area contributed by atoms with Crippen molar-refractivity contribution in [2.45, 2.75) is 5.25 Å². The summed E-state index contributed by atoms with van der Waals surface area (Å²) in [4.78, 5) is 7.86. The van der Waals surface area contributed by atoms with E-state index in [4.69, 9.17) is 17.3 Å². The molecule has 100 valence electrons. The van der Waals surface area contributed by atoms with Crippen LogP contribution in [-0.4, -0.2) is 18.7 Å². The Morgan fingerprint density at radius 1 is 1.37 bits per heavy atom. The Hall–Kier alpha value is -1.02. The monoisotopic (exact) mass is 360 g/mol. The minimum atomic E-state index is -2.44. The first kappa shape index (κ1) is 14.4. The first-order chi connectivity index (χ1) is 8.97. The van der Waals surface area contributed by atoms with Gasteiger partial charge < -0.3 is 10.3 Å². The summed E-state index contributed by atoms with van der Waals surface area (Å²) in [6, 6.07) is 8.23. The number of benzene rings is 1. The molecule has 0 bridgehead atoms. The van der Waals surface area contributed by atoms with E-state index in [2.05, 4.69) is 25.9 Å². The van der Waals surface area contributed by atoms with E-state index in [1.54, 1.807) is 24.3 Å². The predicted octanol–water partition coefficient (Wildman–Crippen LogP) is 2.44. The number of aromatic nitrogens is 2. The van der Waals surface area contributed by atoms with E-state index >= 15 is 0 Å². The molecule has 0 aliphatic heterocycles. The molecular formula is C11H8BrClN3O2S-. The van der Waals surface area contributed by atoms with Gasteiger partial charge >= 0.3 is 0 Å². The molecule has 1 aromatic carbocycles. The van der Waals surface area contributed by atoms with Gasteiger partial charge in [-0.15, -0.1) is 0 Å². The third-order valence-electron chi connectivity index (χ3n) is 2.31. The Kier molecular flexibility index (Phi) is 4.51. The van der Waals surface area contributed by atoms with E-state index < -0.39 is 16.3 Å². The zero-order valence-corrected chi connectivity index (χ0v) is 12.6. The number of nitrogen functional groups attached to an aromatic ring is 1. The van der Waals surface area contributed by atoms with Gasteiger partial charge in [0.15, 0.2) is 5.82 Å². The molecule has 0 fully saturated rings. The molecule has 0 spiro atoms. The van der Waals surface area contributed by atoms with Gasteiger partial charge in [0.05, 0.1) is 0 Å². The minimum absolute atomic E-state index is 0.0523. The van der Waals surface area contributed by atoms with Crippen LogP contribution in [0.15, 0.2) is 34.8 Å². The predicted molar refractivity (Wildman–Crippen MR) is 76.4 cm³/mol. The third kappa shape index (κ3) is 3.50. The van der Waals surface area contributed by atoms with Gasteiger partial charge in [0.25, 0.3) is 0 Å². The Bertz CT molecular complexity index is 621. The minimum Gasteiger partial charge on any atom is -0.772 e. The molecule has 0 saturated carbocycles. The topological polar surface area (TPSA) is 91.9 Å². The van der Waals surface area contributed by atoms with Crippen molar-refractivity contribution in [3.8, 4) is 0 Å². The summed E-state index contributed by atoms with van der Waals surface area (Å²) >= 11 is 6.62. The van der Waals surface area contributed by atoms with Crippen LogP contribution in [0.25, 0.3) is 0 Å². The standard InChI is InChI=1S/C11H9BrClN3O2S/c12-7-3-1-2-6(4-7)10(19(17)18)11-15-8(13)5-9(14)16-11/h1-5,10H,(H,17,18)(H2,14,15,16)/p-1. The highest BCUT2D eigenvalue weighted by atomic mass is 79.9. The van der Waals surface area contributed by atoms with Crippen LogP contribution in [0.3, 0.4) is 0 Å². The lowest BCUT2D eigenvalue weighted by Crippen LogP contribution is -2.13. The quantitative estimate of drug-likeness (QED) is 0.669. The van der Waals surface area contributed by atoms with Crippen molar-refractivity contribution in [1.29, 1.82) is 0 Å². The molecule has 0 radical (unpaired) electrons. The van der Waals surface area contributed by atoms with E-state index in [9.17, 15) is 8.76 Å². The summed E-state index contributed by atoms with van der Waals surface area (Å²) in [5, 5.41) is -0.911. The molecule has 2 rings (SSSR count). The molecule has 0 amide bonds. The first-order valence-corrected chi connectivity index (χ1v) is 7.42. The Balaban J connectivity index is 2.54. The fourth-order valence-corrected chi connectivity index (χ4v) is 2.85. The van der Waals surface area contributed by atoms with Crippen molar-refractivity contribution in [3.63, 3.8) is 0 Å². The summed E-state index contributed by atoms with van der Waals surface area (Å²) in [5.41, 5.74) is 6.09. The van der Waals surface area contributed by atoms with Gasteiger partial charge in [-0.05, 0) is 28.8 Å². The highest BCUT2D eigenvalue weighted by Gasteiger charge is 2.19. The SMILES string of the molecule is Nc1cc(Cl)nc(C(c2cccc(Br)c2)S(=O)[O-])n1. The summed E-state index contributed by atoms with van der Waals surface area (Å²) in [5.74, 6) is 0.178. The van der Waals surface area contributed by atoms with Gasteiger partial charge in [-0.25, -0.2) is 9.97 Å². The first-order valence-electron chi connectivity index (χ1n) is 5.11. The number of halogens is 2. The lowest BCUT2D eigenvalue weighted by Gasteiger charge is -2.19. The second-order valence-corrected chi connectivity index (χ2v) is 5.96. The molecule has 8 heteroatoms. The Morgan fingerprint density at radius 2 is 2.11 bits per heavy atom. The molecule has 19 heavy (non-hydrogen) atoms. The second kappa shape index (κ2) is 5.96. The van der Waals surface area contributed by atoms with E-state index in [1.807, 2.05) is 0 Å². The number of nitrogens with two attached hydrogens (primary N) is 1. The summed E-state index contributed by atoms with van der Waals surface area (Å²) < 4.78 is 23.7. The van der Waals surface area contributed by atoms with Gasteiger partial charge in [0.1, 0.15) is 16.2 Å². The zero-order chi connectivity index (χ0) is 14.0. The van der Waals surface area contributed by atoms with Crippen LogP contribution in [0.4, 0.5) is 5.82 Å². The van der Waals surface area contributed by atoms with Gasteiger partial charge in [-0.1, -0.05) is 39.7 Å². The summed E-state index contributed by atoms with van der Waals surface area (Å²) in [7, 11) is 0. The number of anilines is 1. The Morgan fingerprint density at radius 3 is 2.68 bits per heavy atom. The molecule has 5 nitrogen and oxygen atoms in total. The molecule has 2 N–H and O–H groups in total. The molecule has 1 heterocycles. The molecule has 0 aliphatic rings. The molecule has 2 atom stereocenters. The third-order valence-corrected chi connectivity index (χ3v) is 3.87. The van der Waals surface area contributed by atoms with Crippen molar-refractivity contribution in [2.24, 2.45) is 0 Å². The van der Waals surface area contributed by atoms with Crippen LogP contribution in [0.1, 0.15) is 16.6 Å². The molecule has 0 aliphatic carbocycles. The molecule has 0 saturated heterocycles. The van der Waals surface area contributed by atoms with Crippen LogP contribution >= 0.6 is 27.5 Å². The lowest BCUT2D eigenvalue weighted by molar-refractivity contribution is 0.528. The Labute approximate surface area is 125 Å². The average molecular weight is 362 g/mol. The highest BCUT2D eigenvalue weighted by Crippen LogP contribution is 2.28. The van der Waals surface area contributed by atoms with Crippen LogP contribution in [-0.2, 0) is 11.1 Å². The lowest BCUT2D eigenvalue weighted by atomic mass is 10.1. The highest BCUT2D eigenvalue weighted by molar-refractivity contribution is 9.10. The maximum atomic E-state index is 11.5. The zero-order valence-electron chi connectivity index (χ0n) is 9.42. The van der Waals surface area contributed by atoms with Crippen LogP contribution in [0, 0.1) is 0 Å². The maximum Gasteiger partial charge on any atom is 0.151 e. The van der Waals surface area contributed by atoms with Gasteiger partial charge in [-0.3, -0.25) is 4.21 Å².